The Bertz CT molecular complexity index is 1070. The highest BCUT2D eigenvalue weighted by atomic mass is 32.2. The van der Waals surface area contributed by atoms with Crippen molar-refractivity contribution in [1.82, 2.24) is 10.2 Å². The summed E-state index contributed by atoms with van der Waals surface area (Å²) in [6.45, 7) is 5.40. The highest BCUT2D eigenvalue weighted by Gasteiger charge is 2.72. The van der Waals surface area contributed by atoms with E-state index in [4.69, 9.17) is 14.2 Å². The second-order valence-electron chi connectivity index (χ2n) is 8.86. The molecule has 0 radical (unpaired) electrons. The molecule has 3 atom stereocenters. The van der Waals surface area contributed by atoms with Crippen LogP contribution in [0.5, 0.6) is 0 Å². The van der Waals surface area contributed by atoms with Crippen molar-refractivity contribution in [2.24, 2.45) is 5.92 Å². The lowest BCUT2D eigenvalue weighted by molar-refractivity contribution is -0.166. The van der Waals surface area contributed by atoms with Gasteiger partial charge in [-0.3, -0.25) is 9.59 Å². The predicted molar refractivity (Wildman–Crippen MR) is 118 cm³/mol. The number of rotatable bonds is 8. The Morgan fingerprint density at radius 3 is 2.29 bits per heavy atom. The molecule has 0 saturated carbocycles. The van der Waals surface area contributed by atoms with Gasteiger partial charge in [0, 0.05) is 0 Å². The van der Waals surface area contributed by atoms with Gasteiger partial charge in [-0.1, -0.05) is 44.2 Å². The van der Waals surface area contributed by atoms with Crippen LogP contribution in [0.2, 0.25) is 0 Å². The average molecular weight is 497 g/mol. The fraction of sp³-hybridized carbons (Fsp3) is 0.545. The third kappa shape index (κ3) is 4.59. The lowest BCUT2D eigenvalue weighted by Gasteiger charge is -2.42. The fourth-order valence-electron chi connectivity index (χ4n) is 3.84. The van der Waals surface area contributed by atoms with E-state index in [-0.39, 0.29) is 25.7 Å². The molecule has 1 aromatic carbocycles. The zero-order chi connectivity index (χ0) is 25.3. The van der Waals surface area contributed by atoms with Crippen molar-refractivity contribution in [2.45, 2.75) is 56.5 Å². The third-order valence-corrected chi connectivity index (χ3v) is 8.65. The number of ether oxygens (including phenoxy) is 3. The molecule has 34 heavy (non-hydrogen) atoms. The number of nitrogens with zero attached hydrogens (tertiary/aromatic N) is 1. The summed E-state index contributed by atoms with van der Waals surface area (Å²) >= 11 is 0. The van der Waals surface area contributed by atoms with Gasteiger partial charge in [-0.2, -0.15) is 0 Å². The van der Waals surface area contributed by atoms with Crippen molar-refractivity contribution < 1.29 is 41.8 Å². The van der Waals surface area contributed by atoms with Gasteiger partial charge in [-0.25, -0.2) is 18.0 Å². The predicted octanol–water partition coefficient (Wildman–Crippen LogP) is 0.768. The molecule has 0 aromatic heterocycles. The van der Waals surface area contributed by atoms with E-state index in [0.717, 1.165) is 10.5 Å². The van der Waals surface area contributed by atoms with Crippen molar-refractivity contribution >= 4 is 33.8 Å². The van der Waals surface area contributed by atoms with Crippen LogP contribution in [-0.4, -0.2) is 72.7 Å². The molecule has 11 nitrogen and oxygen atoms in total. The molecule has 12 heteroatoms. The molecule has 2 saturated heterocycles. The van der Waals surface area contributed by atoms with Crippen LogP contribution < -0.4 is 5.32 Å². The first-order chi connectivity index (χ1) is 15.9. The molecule has 1 N–H and O–H groups in total. The van der Waals surface area contributed by atoms with Gasteiger partial charge in [0.05, 0.1) is 5.92 Å². The van der Waals surface area contributed by atoms with E-state index in [2.05, 4.69) is 5.32 Å². The SMILES string of the molecule is CC(C)C(=O)OCCOC(=O)[C@@H]1N2C(=O)[C@@H](NC(=O)OCc3ccccc3)[C@H]2S(=O)(=O)C1(C)C. The molecule has 0 unspecified atom stereocenters. The molecule has 0 spiro atoms. The van der Waals surface area contributed by atoms with E-state index < -0.39 is 56.0 Å². The van der Waals surface area contributed by atoms with E-state index in [1.54, 1.807) is 44.2 Å². The molecule has 2 aliphatic rings. The van der Waals surface area contributed by atoms with Crippen LogP contribution in [0.4, 0.5) is 4.79 Å². The molecule has 3 rings (SSSR count). The standard InChI is InChI=1S/C22H28N2O9S/c1-13(2)19(26)31-10-11-32-20(27)16-22(3,4)34(29,30)18-15(17(25)24(16)18)23-21(28)33-12-14-8-6-5-7-9-14/h5-9,13,15-16,18H,10-12H2,1-4H3,(H,23,28)/t15-,16+,18-/m1/s1. The first kappa shape index (κ1) is 25.5. The first-order valence-electron chi connectivity index (χ1n) is 10.8. The number of carbonyl (C=O) groups excluding carboxylic acids is 4. The Hall–Kier alpha value is -3.15. The number of fused-ring (bicyclic) bond motifs is 1. The minimum absolute atomic E-state index is 0.0590. The normalized spacial score (nSPS) is 24.1. The smallest absolute Gasteiger partial charge is 0.408 e. The van der Waals surface area contributed by atoms with Gasteiger partial charge in [0.2, 0.25) is 5.91 Å². The number of esters is 2. The summed E-state index contributed by atoms with van der Waals surface area (Å²) in [7, 11) is -4.06. The number of carbonyl (C=O) groups is 4. The number of hydrogen-bond donors (Lipinski definition) is 1. The molecular weight excluding hydrogens is 468 g/mol. The summed E-state index contributed by atoms with van der Waals surface area (Å²) < 4.78 is 39.7. The van der Waals surface area contributed by atoms with Gasteiger partial charge >= 0.3 is 18.0 Å². The molecule has 0 bridgehead atoms. The van der Waals surface area contributed by atoms with Crippen LogP contribution in [0.25, 0.3) is 0 Å². The van der Waals surface area contributed by atoms with Gasteiger partial charge in [0.15, 0.2) is 15.2 Å². The van der Waals surface area contributed by atoms with Crippen LogP contribution in [0, 0.1) is 5.92 Å². The van der Waals surface area contributed by atoms with E-state index in [0.29, 0.717) is 0 Å². The molecule has 1 aromatic rings. The number of benzene rings is 1. The number of amides is 2. The van der Waals surface area contributed by atoms with E-state index in [9.17, 15) is 27.6 Å². The summed E-state index contributed by atoms with van der Waals surface area (Å²) in [6, 6.07) is 6.04. The highest BCUT2D eigenvalue weighted by molar-refractivity contribution is 7.94. The Morgan fingerprint density at radius 2 is 1.68 bits per heavy atom. The topological polar surface area (TPSA) is 145 Å². The van der Waals surface area contributed by atoms with Crippen molar-refractivity contribution in [3.8, 4) is 0 Å². The highest BCUT2D eigenvalue weighted by Crippen LogP contribution is 2.46. The Kier molecular flexibility index (Phi) is 7.20. The van der Waals surface area contributed by atoms with Gasteiger partial charge < -0.3 is 24.4 Å². The zero-order valence-corrected chi connectivity index (χ0v) is 20.2. The monoisotopic (exact) mass is 496 g/mol. The summed E-state index contributed by atoms with van der Waals surface area (Å²) in [4.78, 5) is 50.1. The quantitative estimate of drug-likeness (QED) is 0.239. The molecule has 2 heterocycles. The van der Waals surface area contributed by atoms with E-state index in [1.807, 2.05) is 0 Å². The maximum Gasteiger partial charge on any atom is 0.408 e. The van der Waals surface area contributed by atoms with Crippen molar-refractivity contribution in [2.75, 3.05) is 13.2 Å². The van der Waals surface area contributed by atoms with Gasteiger partial charge in [-0.05, 0) is 19.4 Å². The Labute approximate surface area is 197 Å². The summed E-state index contributed by atoms with van der Waals surface area (Å²) in [5, 5.41) is 0.874. The minimum Gasteiger partial charge on any atom is -0.462 e. The van der Waals surface area contributed by atoms with Crippen LogP contribution in [0.15, 0.2) is 30.3 Å². The fourth-order valence-corrected chi connectivity index (χ4v) is 6.05. The zero-order valence-electron chi connectivity index (χ0n) is 19.3. The van der Waals surface area contributed by atoms with Crippen LogP contribution in [0.1, 0.15) is 33.3 Å². The molecule has 2 amide bonds. The summed E-state index contributed by atoms with van der Waals surface area (Å²) in [5.41, 5.74) is 0.718. The second kappa shape index (κ2) is 9.61. The maximum absolute atomic E-state index is 13.1. The maximum atomic E-state index is 13.1. The van der Waals surface area contributed by atoms with Gasteiger partial charge in [0.25, 0.3) is 0 Å². The number of alkyl carbamates (subject to hydrolysis) is 1. The number of nitrogens with one attached hydrogen (secondary N) is 1. The number of sulfone groups is 1. The Balaban J connectivity index is 1.63. The van der Waals surface area contributed by atoms with Crippen LogP contribution >= 0.6 is 0 Å². The van der Waals surface area contributed by atoms with Crippen molar-refractivity contribution in [3.05, 3.63) is 35.9 Å². The van der Waals surface area contributed by atoms with Crippen molar-refractivity contribution in [3.63, 3.8) is 0 Å². The Morgan fingerprint density at radius 1 is 1.06 bits per heavy atom. The van der Waals surface area contributed by atoms with Crippen molar-refractivity contribution in [1.29, 1.82) is 0 Å². The lowest BCUT2D eigenvalue weighted by atomic mass is 9.96. The average Bonchev–Trinajstić information content (AvgIpc) is 2.93. The van der Waals surface area contributed by atoms with E-state index >= 15 is 0 Å². The largest absolute Gasteiger partial charge is 0.462 e. The first-order valence-corrected chi connectivity index (χ1v) is 12.3. The molecule has 2 fully saturated rings. The van der Waals surface area contributed by atoms with Gasteiger partial charge in [0.1, 0.15) is 36.7 Å². The minimum atomic E-state index is -4.06. The summed E-state index contributed by atoms with van der Waals surface area (Å²) in [6.07, 6.45) is -0.951. The number of hydrogen-bond acceptors (Lipinski definition) is 9. The van der Waals surface area contributed by atoms with Gasteiger partial charge in [-0.15, -0.1) is 0 Å². The van der Waals surface area contributed by atoms with E-state index in [1.165, 1.54) is 13.8 Å². The molecule has 2 aliphatic heterocycles. The molecular formula is C22H28N2O9S. The van der Waals surface area contributed by atoms with Crippen LogP contribution in [0.3, 0.4) is 0 Å². The van der Waals surface area contributed by atoms with Crippen LogP contribution in [-0.2, 0) is 45.0 Å². The second-order valence-corrected chi connectivity index (χ2v) is 11.5. The lowest BCUT2D eigenvalue weighted by Crippen LogP contribution is -2.72. The molecule has 0 aliphatic carbocycles. The number of β-lactam (4-membered cyclic amide) rings is 1. The third-order valence-electron chi connectivity index (χ3n) is 5.82. The summed E-state index contributed by atoms with van der Waals surface area (Å²) in [5.74, 6) is -2.48. The molecule has 186 valence electrons.